The Hall–Kier alpha value is -2.58. The van der Waals surface area contributed by atoms with E-state index in [1.54, 1.807) is 6.92 Å². The van der Waals surface area contributed by atoms with Crippen LogP contribution in [0.4, 0.5) is 10.1 Å². The number of thiophene rings is 1. The van der Waals surface area contributed by atoms with Crippen LogP contribution in [0.25, 0.3) is 0 Å². The zero-order valence-electron chi connectivity index (χ0n) is 14.6. The van der Waals surface area contributed by atoms with Crippen LogP contribution in [0.1, 0.15) is 17.8 Å². The Morgan fingerprint density at radius 1 is 1.22 bits per heavy atom. The zero-order chi connectivity index (χ0) is 19.3. The summed E-state index contributed by atoms with van der Waals surface area (Å²) in [6.45, 7) is 1.59. The van der Waals surface area contributed by atoms with Crippen molar-refractivity contribution in [2.24, 2.45) is 11.8 Å². The molecule has 2 saturated heterocycles. The SMILES string of the molecule is COC(=O)[C@]1(C)N[C@H](c2cccs2)[C@@H]2C(=O)N(c3ccc(F)cc3)C(=O)[C@H]21. The van der Waals surface area contributed by atoms with E-state index >= 15 is 0 Å². The molecular weight excluding hydrogens is 371 g/mol. The molecule has 0 saturated carbocycles. The van der Waals surface area contributed by atoms with E-state index in [0.29, 0.717) is 0 Å². The maximum absolute atomic E-state index is 13.3. The minimum atomic E-state index is -1.34. The summed E-state index contributed by atoms with van der Waals surface area (Å²) < 4.78 is 18.2. The molecule has 0 spiro atoms. The smallest absolute Gasteiger partial charge is 0.326 e. The Bertz CT molecular complexity index is 914. The lowest BCUT2D eigenvalue weighted by molar-refractivity contribution is -0.151. The van der Waals surface area contributed by atoms with Crippen LogP contribution in [0.15, 0.2) is 41.8 Å². The molecule has 1 N–H and O–H groups in total. The van der Waals surface area contributed by atoms with Crippen LogP contribution in [0.3, 0.4) is 0 Å². The van der Waals surface area contributed by atoms with Crippen molar-refractivity contribution in [2.75, 3.05) is 12.0 Å². The van der Waals surface area contributed by atoms with E-state index in [0.717, 1.165) is 9.78 Å². The van der Waals surface area contributed by atoms with Crippen molar-refractivity contribution in [1.82, 2.24) is 5.32 Å². The third-order valence-electron chi connectivity index (χ3n) is 5.33. The van der Waals surface area contributed by atoms with Gasteiger partial charge in [0.2, 0.25) is 11.8 Å². The van der Waals surface area contributed by atoms with Crippen molar-refractivity contribution >= 4 is 34.8 Å². The number of fused-ring (bicyclic) bond motifs is 1. The van der Waals surface area contributed by atoms with E-state index in [4.69, 9.17) is 4.74 Å². The summed E-state index contributed by atoms with van der Waals surface area (Å²) in [5.74, 6) is -3.61. The molecule has 1 aromatic carbocycles. The molecule has 2 aliphatic heterocycles. The summed E-state index contributed by atoms with van der Waals surface area (Å²) >= 11 is 1.45. The lowest BCUT2D eigenvalue weighted by atomic mass is 9.81. The molecule has 1 aromatic heterocycles. The molecular formula is C19H17FN2O4S. The molecule has 2 aromatic rings. The fraction of sp³-hybridized carbons (Fsp3) is 0.316. The third-order valence-corrected chi connectivity index (χ3v) is 6.29. The Labute approximate surface area is 158 Å². The Balaban J connectivity index is 1.81. The topological polar surface area (TPSA) is 75.7 Å². The average Bonchev–Trinajstić information content (AvgIpc) is 3.34. The number of imide groups is 1. The molecule has 2 aliphatic rings. The summed E-state index contributed by atoms with van der Waals surface area (Å²) in [4.78, 5) is 40.8. The maximum Gasteiger partial charge on any atom is 0.326 e. The van der Waals surface area contributed by atoms with E-state index < -0.39 is 47.0 Å². The van der Waals surface area contributed by atoms with E-state index in [1.807, 2.05) is 17.5 Å². The summed E-state index contributed by atoms with van der Waals surface area (Å²) in [6, 6.07) is 8.38. The van der Waals surface area contributed by atoms with Gasteiger partial charge in [0.25, 0.3) is 0 Å². The van der Waals surface area contributed by atoms with Crippen LogP contribution < -0.4 is 10.2 Å². The fourth-order valence-electron chi connectivity index (χ4n) is 4.10. The fourth-order valence-corrected chi connectivity index (χ4v) is 4.92. The van der Waals surface area contributed by atoms with Crippen molar-refractivity contribution in [3.63, 3.8) is 0 Å². The van der Waals surface area contributed by atoms with E-state index in [9.17, 15) is 18.8 Å². The Kier molecular flexibility index (Phi) is 4.12. The van der Waals surface area contributed by atoms with Crippen molar-refractivity contribution in [1.29, 1.82) is 0 Å². The van der Waals surface area contributed by atoms with Crippen molar-refractivity contribution < 1.29 is 23.5 Å². The molecule has 27 heavy (non-hydrogen) atoms. The molecule has 0 aliphatic carbocycles. The largest absolute Gasteiger partial charge is 0.468 e. The standard InChI is InChI=1S/C19H17FN2O4S/c1-19(18(25)26-2)14-13(15(21-19)12-4-3-9-27-12)16(23)22(17(14)24)11-7-5-10(20)6-8-11/h3-9,13-15,21H,1-2H3/t13-,14+,15-,19-/m1/s1. The number of carbonyl (C=O) groups excluding carboxylic acids is 3. The van der Waals surface area contributed by atoms with Gasteiger partial charge in [-0.3, -0.25) is 19.7 Å². The lowest BCUT2D eigenvalue weighted by Gasteiger charge is -2.28. The first-order valence-corrected chi connectivity index (χ1v) is 9.29. The number of benzene rings is 1. The second-order valence-corrected chi connectivity index (χ2v) is 7.80. The van der Waals surface area contributed by atoms with Gasteiger partial charge in [0.15, 0.2) is 0 Å². The van der Waals surface area contributed by atoms with Crippen molar-refractivity contribution in [3.8, 4) is 0 Å². The van der Waals surface area contributed by atoms with E-state index in [2.05, 4.69) is 5.32 Å². The number of anilines is 1. The normalized spacial score (nSPS) is 29.9. The van der Waals surface area contributed by atoms with Gasteiger partial charge in [0, 0.05) is 4.88 Å². The molecule has 0 unspecified atom stereocenters. The number of carbonyl (C=O) groups is 3. The minimum absolute atomic E-state index is 0.290. The van der Waals surface area contributed by atoms with Crippen LogP contribution in [0, 0.1) is 17.7 Å². The van der Waals surface area contributed by atoms with Crippen LogP contribution in [-0.2, 0) is 19.1 Å². The second kappa shape index (κ2) is 6.24. The van der Waals surface area contributed by atoms with Gasteiger partial charge < -0.3 is 4.74 Å². The first-order valence-electron chi connectivity index (χ1n) is 8.41. The molecule has 3 heterocycles. The van der Waals surface area contributed by atoms with Gasteiger partial charge in [0.1, 0.15) is 11.4 Å². The van der Waals surface area contributed by atoms with Crippen LogP contribution in [-0.4, -0.2) is 30.4 Å². The number of ether oxygens (including phenoxy) is 1. The highest BCUT2D eigenvalue weighted by atomic mass is 32.1. The quantitative estimate of drug-likeness (QED) is 0.645. The second-order valence-electron chi connectivity index (χ2n) is 6.82. The monoisotopic (exact) mass is 388 g/mol. The summed E-state index contributed by atoms with van der Waals surface area (Å²) in [5.41, 5.74) is -1.05. The van der Waals surface area contributed by atoms with Gasteiger partial charge in [-0.15, -0.1) is 11.3 Å². The number of rotatable bonds is 3. The van der Waals surface area contributed by atoms with Gasteiger partial charge in [-0.2, -0.15) is 0 Å². The van der Waals surface area contributed by atoms with Gasteiger partial charge in [-0.1, -0.05) is 6.07 Å². The molecule has 4 atom stereocenters. The highest BCUT2D eigenvalue weighted by molar-refractivity contribution is 7.10. The molecule has 0 radical (unpaired) electrons. The van der Waals surface area contributed by atoms with Gasteiger partial charge in [-0.25, -0.2) is 9.29 Å². The number of halogens is 1. The summed E-state index contributed by atoms with van der Waals surface area (Å²) in [5, 5.41) is 5.05. The predicted octanol–water partition coefficient (Wildman–Crippen LogP) is 2.27. The Morgan fingerprint density at radius 3 is 2.52 bits per heavy atom. The van der Waals surface area contributed by atoms with Crippen LogP contribution in [0.5, 0.6) is 0 Å². The number of hydrogen-bond donors (Lipinski definition) is 1. The lowest BCUT2D eigenvalue weighted by Crippen LogP contribution is -2.54. The number of amides is 2. The van der Waals surface area contributed by atoms with Crippen molar-refractivity contribution in [2.45, 2.75) is 18.5 Å². The molecule has 0 bridgehead atoms. The van der Waals surface area contributed by atoms with E-state index in [-0.39, 0.29) is 5.69 Å². The number of nitrogens with zero attached hydrogens (tertiary/aromatic N) is 1. The first-order chi connectivity index (χ1) is 12.9. The van der Waals surface area contributed by atoms with Crippen LogP contribution in [0.2, 0.25) is 0 Å². The van der Waals surface area contributed by atoms with Gasteiger partial charge in [-0.05, 0) is 42.6 Å². The number of methoxy groups -OCH3 is 1. The molecule has 6 nitrogen and oxygen atoms in total. The number of nitrogens with one attached hydrogen (secondary N) is 1. The number of hydrogen-bond acceptors (Lipinski definition) is 6. The molecule has 8 heteroatoms. The van der Waals surface area contributed by atoms with Crippen LogP contribution >= 0.6 is 11.3 Å². The third kappa shape index (κ3) is 2.51. The molecule has 140 valence electrons. The van der Waals surface area contributed by atoms with Crippen molar-refractivity contribution in [3.05, 3.63) is 52.5 Å². The van der Waals surface area contributed by atoms with Gasteiger partial charge >= 0.3 is 5.97 Å². The zero-order valence-corrected chi connectivity index (χ0v) is 15.5. The molecule has 2 fully saturated rings. The molecule has 2 amide bonds. The van der Waals surface area contributed by atoms with E-state index in [1.165, 1.54) is 42.7 Å². The predicted molar refractivity (Wildman–Crippen MR) is 96.5 cm³/mol. The average molecular weight is 388 g/mol. The van der Waals surface area contributed by atoms with Gasteiger partial charge in [0.05, 0.1) is 30.7 Å². The highest BCUT2D eigenvalue weighted by Crippen LogP contribution is 2.50. The maximum atomic E-state index is 13.3. The first kappa shape index (κ1) is 17.8. The Morgan fingerprint density at radius 2 is 1.93 bits per heavy atom. The minimum Gasteiger partial charge on any atom is -0.468 e. The summed E-state index contributed by atoms with van der Waals surface area (Å²) in [7, 11) is 1.25. The molecule has 4 rings (SSSR count). The highest BCUT2D eigenvalue weighted by Gasteiger charge is 2.67. The summed E-state index contributed by atoms with van der Waals surface area (Å²) in [6.07, 6.45) is 0. The number of esters is 1.